The summed E-state index contributed by atoms with van der Waals surface area (Å²) in [7, 11) is -0.885. The van der Waals surface area contributed by atoms with Gasteiger partial charge in [0.1, 0.15) is 11.5 Å². The molecule has 0 saturated carbocycles. The number of para-hydroxylation sites is 2. The van der Waals surface area contributed by atoms with Crippen molar-refractivity contribution in [3.05, 3.63) is 132 Å². The Morgan fingerprint density at radius 3 is 1.76 bits per heavy atom. The van der Waals surface area contributed by atoms with E-state index in [-0.39, 0.29) is 30.1 Å². The molecule has 0 spiro atoms. The lowest BCUT2D eigenvalue weighted by atomic mass is 9.88. The number of benzene rings is 4. The number of aliphatic hydroxyl groups is 1. The van der Waals surface area contributed by atoms with Gasteiger partial charge in [0.05, 0.1) is 6.61 Å². The van der Waals surface area contributed by atoms with Crippen LogP contribution in [0.4, 0.5) is 4.79 Å². The number of rotatable bonds is 18. The van der Waals surface area contributed by atoms with Crippen LogP contribution in [0.3, 0.4) is 0 Å². The number of carboxylic acid groups (broad SMARTS) is 1. The second-order valence-corrected chi connectivity index (χ2v) is 10.9. The predicted molar refractivity (Wildman–Crippen MR) is 170 cm³/mol. The van der Waals surface area contributed by atoms with Gasteiger partial charge in [-0.05, 0) is 67.5 Å². The summed E-state index contributed by atoms with van der Waals surface area (Å²) >= 11 is 0. The molecule has 0 saturated heterocycles. The molecule has 3 N–H and O–H groups in total. The minimum absolute atomic E-state index is 0.0428. The van der Waals surface area contributed by atoms with Gasteiger partial charge >= 0.3 is 20.8 Å². The van der Waals surface area contributed by atoms with Crippen molar-refractivity contribution in [3.63, 3.8) is 0 Å². The Hall–Kier alpha value is -4.56. The van der Waals surface area contributed by atoms with Gasteiger partial charge < -0.3 is 25.0 Å². The van der Waals surface area contributed by atoms with Crippen molar-refractivity contribution in [1.82, 2.24) is 5.32 Å². The maximum atomic E-state index is 12.8. The number of nitrogens with one attached hydrogen (secondary N) is 1. The fourth-order valence-corrected chi connectivity index (χ4v) is 5.36. The molecule has 0 fully saturated rings. The summed E-state index contributed by atoms with van der Waals surface area (Å²) in [5.41, 5.74) is 0.611. The summed E-state index contributed by atoms with van der Waals surface area (Å²) in [5.74, 6) is -1.94. The lowest BCUT2D eigenvalue weighted by Gasteiger charge is -2.45. The quantitative estimate of drug-likeness (QED) is 0.0454. The van der Waals surface area contributed by atoms with Crippen LogP contribution in [0.15, 0.2) is 115 Å². The molecule has 1 amide bonds. The average molecular weight is 630 g/mol. The molecule has 0 aromatic heterocycles. The zero-order valence-corrected chi connectivity index (χ0v) is 25.6. The van der Waals surface area contributed by atoms with Crippen LogP contribution in [0.2, 0.25) is 0 Å². The molecule has 0 radical (unpaired) electrons. The van der Waals surface area contributed by atoms with Crippen LogP contribution in [0.5, 0.6) is 11.5 Å². The van der Waals surface area contributed by atoms with Crippen molar-refractivity contribution in [2.24, 2.45) is 0 Å². The summed E-state index contributed by atoms with van der Waals surface area (Å²) in [4.78, 5) is 25.0. The Bertz CT molecular complexity index is 1460. The lowest BCUT2D eigenvalue weighted by Crippen LogP contribution is -2.72. The summed E-state index contributed by atoms with van der Waals surface area (Å²) < 4.78 is 29.8. The van der Waals surface area contributed by atoms with E-state index in [2.05, 4.69) is 17.4 Å². The molecule has 9 nitrogen and oxygen atoms in total. The fraction of sp³-hybridized carbons (Fsp3) is 0.257. The maximum absolute atomic E-state index is 12.8. The van der Waals surface area contributed by atoms with Gasteiger partial charge in [-0.3, -0.25) is 4.79 Å². The number of carbonyl (C=O) groups is 2. The normalized spacial score (nSPS) is 12.6. The number of hydrogen-bond acceptors (Lipinski definition) is 7. The van der Waals surface area contributed by atoms with E-state index in [0.717, 1.165) is 24.8 Å². The van der Waals surface area contributed by atoms with E-state index >= 15 is 0 Å². The molecule has 0 aliphatic rings. The van der Waals surface area contributed by atoms with Crippen molar-refractivity contribution in [3.8, 4) is 11.5 Å². The molecule has 0 aliphatic heterocycles. The van der Waals surface area contributed by atoms with Gasteiger partial charge in [0.2, 0.25) is 0 Å². The SMILES string of the molecule is O=POC(Oc1ccccc1)(Oc1ccccc1)C(CO)(CCc1ccc(C(=O)CCCCc2ccccc2)cc1)NC(=O)O. The second kappa shape index (κ2) is 16.5. The molecule has 0 aliphatic carbocycles. The van der Waals surface area contributed by atoms with Crippen molar-refractivity contribution in [2.75, 3.05) is 6.61 Å². The maximum Gasteiger partial charge on any atom is 0.409 e. The van der Waals surface area contributed by atoms with E-state index in [1.165, 1.54) is 5.56 Å². The first kappa shape index (κ1) is 33.3. The Morgan fingerprint density at radius 2 is 1.24 bits per heavy atom. The summed E-state index contributed by atoms with van der Waals surface area (Å²) in [5, 5.41) is 23.0. The van der Waals surface area contributed by atoms with Gasteiger partial charge in [-0.2, -0.15) is 0 Å². The molecule has 45 heavy (non-hydrogen) atoms. The predicted octanol–water partition coefficient (Wildman–Crippen LogP) is 7.25. The number of Topliss-reactive ketones (excluding diaryl/α,β-unsaturated/α-hetero) is 1. The Labute approximate surface area is 264 Å². The van der Waals surface area contributed by atoms with Gasteiger partial charge in [0.25, 0.3) is 0 Å². The van der Waals surface area contributed by atoms with Gasteiger partial charge in [-0.1, -0.05) is 91.0 Å². The Balaban J connectivity index is 1.53. The van der Waals surface area contributed by atoms with Gasteiger partial charge in [-0.15, -0.1) is 0 Å². The van der Waals surface area contributed by atoms with E-state index in [4.69, 9.17) is 14.0 Å². The lowest BCUT2D eigenvalue weighted by molar-refractivity contribution is -0.301. The number of ether oxygens (including phenoxy) is 2. The van der Waals surface area contributed by atoms with Gasteiger partial charge in [0.15, 0.2) is 11.3 Å². The largest absolute Gasteiger partial charge is 0.465 e. The topological polar surface area (TPSA) is 131 Å². The minimum Gasteiger partial charge on any atom is -0.465 e. The number of hydrogen-bond donors (Lipinski definition) is 3. The fourth-order valence-electron chi connectivity index (χ4n) is 5.01. The van der Waals surface area contributed by atoms with Crippen LogP contribution in [-0.2, 0) is 21.9 Å². The van der Waals surface area contributed by atoms with Crippen LogP contribution in [0, 0.1) is 0 Å². The standard InChI is InChI=1S/C35H36NO8P/c37-26-34(36-33(39)40,35(44-45-41,42-30-15-6-2-7-16-30)43-31-17-8-3-9-18-31)25-24-28-20-22-29(23-21-28)32(38)19-11-10-14-27-12-4-1-5-13-27/h1-9,12-13,15-18,20-23,36-37H,10-11,14,19,24-26H2,(H,39,40). The molecule has 1 unspecified atom stereocenters. The molecule has 0 heterocycles. The van der Waals surface area contributed by atoms with Crippen molar-refractivity contribution >= 4 is 20.6 Å². The molecule has 4 rings (SSSR count). The molecule has 1 atom stereocenters. The highest BCUT2D eigenvalue weighted by Crippen LogP contribution is 2.38. The van der Waals surface area contributed by atoms with E-state index in [0.29, 0.717) is 12.0 Å². The third-order valence-corrected chi connectivity index (χ3v) is 7.74. The second-order valence-electron chi connectivity index (χ2n) is 10.5. The van der Waals surface area contributed by atoms with Crippen LogP contribution >= 0.6 is 8.69 Å². The summed E-state index contributed by atoms with van der Waals surface area (Å²) in [6.45, 7) is -0.839. The highest BCUT2D eigenvalue weighted by atomic mass is 31.1. The molecule has 0 bridgehead atoms. The molecular formula is C35H36NO8P. The monoisotopic (exact) mass is 629 g/mol. The number of unbranched alkanes of at least 4 members (excludes halogenated alkanes) is 1. The van der Waals surface area contributed by atoms with Gasteiger partial charge in [-0.25, -0.2) is 13.9 Å². The molecule has 4 aromatic carbocycles. The van der Waals surface area contributed by atoms with E-state index < -0.39 is 32.9 Å². The van der Waals surface area contributed by atoms with Crippen LogP contribution in [0.1, 0.15) is 47.2 Å². The first-order valence-electron chi connectivity index (χ1n) is 14.7. The van der Waals surface area contributed by atoms with Crippen molar-refractivity contribution in [1.29, 1.82) is 0 Å². The van der Waals surface area contributed by atoms with Crippen LogP contribution in [-0.4, -0.2) is 40.2 Å². The number of aliphatic hydroxyl groups excluding tert-OH is 1. The Kier molecular flexibility index (Phi) is 12.2. The third kappa shape index (κ3) is 9.22. The third-order valence-electron chi connectivity index (χ3n) is 7.43. The number of amides is 1. The van der Waals surface area contributed by atoms with Crippen molar-refractivity contribution in [2.45, 2.75) is 50.0 Å². The number of carbonyl (C=O) groups excluding carboxylic acids is 1. The summed E-state index contributed by atoms with van der Waals surface area (Å²) in [6, 6.07) is 33.8. The molecule has 10 heteroatoms. The Morgan fingerprint density at radius 1 is 0.711 bits per heavy atom. The van der Waals surface area contributed by atoms with E-state index in [1.807, 2.05) is 18.2 Å². The van der Waals surface area contributed by atoms with Crippen LogP contribution in [0.25, 0.3) is 0 Å². The van der Waals surface area contributed by atoms with Crippen LogP contribution < -0.4 is 14.8 Å². The van der Waals surface area contributed by atoms with Gasteiger partial charge in [0, 0.05) is 12.0 Å². The summed E-state index contributed by atoms with van der Waals surface area (Å²) in [6.07, 6.45) is 1.67. The van der Waals surface area contributed by atoms with E-state index in [1.54, 1.807) is 84.9 Å². The zero-order chi connectivity index (χ0) is 32.0. The molecule has 4 aromatic rings. The zero-order valence-electron chi connectivity index (χ0n) is 24.7. The molecule has 234 valence electrons. The highest BCUT2D eigenvalue weighted by molar-refractivity contribution is 7.17. The van der Waals surface area contributed by atoms with E-state index in [9.17, 15) is 24.4 Å². The number of aryl methyl sites for hydroxylation is 2. The molecular weight excluding hydrogens is 593 g/mol. The average Bonchev–Trinajstić information content (AvgIpc) is 3.06. The van der Waals surface area contributed by atoms with Crippen molar-refractivity contribution < 1.29 is 38.4 Å². The minimum atomic E-state index is -2.41. The highest BCUT2D eigenvalue weighted by Gasteiger charge is 2.60. The first-order valence-corrected chi connectivity index (χ1v) is 15.4. The number of ketones is 1. The smallest absolute Gasteiger partial charge is 0.409 e. The first-order chi connectivity index (χ1) is 21.9.